The number of benzene rings is 7. The lowest BCUT2D eigenvalue weighted by atomic mass is 9.33. The summed E-state index contributed by atoms with van der Waals surface area (Å²) in [6.07, 6.45) is 8.55. The Labute approximate surface area is 482 Å². The lowest BCUT2D eigenvalue weighted by Crippen LogP contribution is -2.64. The summed E-state index contributed by atoms with van der Waals surface area (Å²) in [5, 5.41) is 2.61. The quantitative estimate of drug-likeness (QED) is 0.163. The molecule has 2 aliphatic carbocycles. The molecule has 0 amide bonds. The van der Waals surface area contributed by atoms with Crippen LogP contribution in [0.1, 0.15) is 200 Å². The van der Waals surface area contributed by atoms with Crippen LogP contribution in [0.15, 0.2) is 121 Å². The second kappa shape index (κ2) is 16.5. The van der Waals surface area contributed by atoms with Crippen molar-refractivity contribution >= 4 is 94.4 Å². The van der Waals surface area contributed by atoms with E-state index in [0.717, 1.165) is 61.2 Å². The zero-order chi connectivity index (χ0) is 58.1. The van der Waals surface area contributed by atoms with Gasteiger partial charge in [0.1, 0.15) is 0 Å². The summed E-state index contributed by atoms with van der Waals surface area (Å²) in [5.74, 6) is 0. The van der Waals surface area contributed by atoms with Crippen LogP contribution in [-0.4, -0.2) is 17.8 Å². The van der Waals surface area contributed by atoms with Gasteiger partial charge in [-0.05, 0) is 165 Å². The Morgan fingerprint density at radius 1 is 0.494 bits per heavy atom. The molecule has 0 spiro atoms. The van der Waals surface area contributed by atoms with E-state index in [2.05, 4.69) is 229 Å². The molecule has 1 aromatic heterocycles. The fraction of sp³-hybridized carbons (Fsp3) is 0.432. The van der Waals surface area contributed by atoms with E-state index in [-0.39, 0.29) is 46.0 Å². The van der Waals surface area contributed by atoms with Crippen molar-refractivity contribution in [1.29, 1.82) is 0 Å². The van der Waals surface area contributed by atoms with E-state index in [1.807, 2.05) is 11.3 Å². The van der Waals surface area contributed by atoms with Gasteiger partial charge in [0, 0.05) is 65.0 Å². The number of anilines is 7. The fourth-order valence-corrected chi connectivity index (χ4v) is 17.3. The molecule has 79 heavy (non-hydrogen) atoms. The van der Waals surface area contributed by atoms with Crippen LogP contribution in [-0.2, 0) is 32.5 Å². The second-order valence-corrected chi connectivity index (χ2v) is 31.3. The van der Waals surface area contributed by atoms with Crippen molar-refractivity contribution in [2.45, 2.75) is 206 Å². The Morgan fingerprint density at radius 3 is 1.76 bits per heavy atom. The van der Waals surface area contributed by atoms with Gasteiger partial charge in [0.2, 0.25) is 0 Å². The van der Waals surface area contributed by atoms with Gasteiger partial charge < -0.3 is 14.7 Å². The minimum atomic E-state index is -0.489. The monoisotopic (exact) mass is 1060 g/mol. The number of hydrogen-bond acceptors (Lipinski definition) is 4. The van der Waals surface area contributed by atoms with Gasteiger partial charge in [-0.2, -0.15) is 0 Å². The molecule has 5 heterocycles. The van der Waals surface area contributed by atoms with E-state index < -0.39 is 16.4 Å². The van der Waals surface area contributed by atoms with Crippen LogP contribution >= 0.6 is 11.3 Å². The Morgan fingerprint density at radius 2 is 1.09 bits per heavy atom. The zero-order valence-corrected chi connectivity index (χ0v) is 51.1. The molecule has 14 rings (SSSR count). The average molecular weight is 1060 g/mol. The molecule has 4 aliphatic heterocycles. The molecule has 4 atom stereocenters. The van der Waals surface area contributed by atoms with E-state index in [1.165, 1.54) is 106 Å². The molecule has 6 aliphatic rings. The van der Waals surface area contributed by atoms with Crippen LogP contribution in [0.25, 0.3) is 31.3 Å². The van der Waals surface area contributed by atoms with Gasteiger partial charge >= 0.3 is 0 Å². The number of nitrogens with zero attached hydrogens (tertiary/aromatic N) is 3. The lowest BCUT2D eigenvalue weighted by Gasteiger charge is -2.54. The van der Waals surface area contributed by atoms with Gasteiger partial charge in [-0.1, -0.05) is 195 Å². The lowest BCUT2D eigenvalue weighted by molar-refractivity contribution is 0.194. The molecule has 0 radical (unpaired) electrons. The van der Waals surface area contributed by atoms with E-state index in [9.17, 15) is 4.11 Å². The highest BCUT2D eigenvalue weighted by Gasteiger charge is 2.63. The first-order valence-corrected chi connectivity index (χ1v) is 30.9. The first-order valence-electron chi connectivity index (χ1n) is 31.6. The fourth-order valence-electron chi connectivity index (χ4n) is 16.2. The maximum absolute atomic E-state index is 10.4. The van der Waals surface area contributed by atoms with Gasteiger partial charge in [0.05, 0.1) is 26.6 Å². The average Bonchev–Trinajstić information content (AvgIpc) is 1.45. The normalized spacial score (nSPS) is 24.7. The van der Waals surface area contributed by atoms with E-state index >= 15 is 0 Å². The predicted molar refractivity (Wildman–Crippen MR) is 345 cm³/mol. The molecule has 0 N–H and O–H groups in total. The molecular weight excluding hydrogens is 974 g/mol. The minimum absolute atomic E-state index is 0.0572. The number of fused-ring (bicyclic) bond motifs is 14. The van der Waals surface area contributed by atoms with Gasteiger partial charge in [-0.25, -0.2) is 0 Å². The van der Waals surface area contributed by atoms with Crippen molar-refractivity contribution < 1.29 is 4.11 Å². The molecule has 3 nitrogen and oxygen atoms in total. The van der Waals surface area contributed by atoms with Crippen molar-refractivity contribution in [3.8, 4) is 11.1 Å². The molecule has 404 valence electrons. The standard InChI is InChI=1S/C74H84BN3S/c1-67(2,3)46-26-30-57(51(38-46)45-24-18-17-19-25-45)76-59-43-50(77-58-31-27-48(69(7,8)9)40-53(58)71(13)34-20-22-36-73(71,77)15)44-60-64(59)75(55-29-33-62-63(66(55)76)52-39-47(68(4,5)6)28-32-61(52)79-62)56-42-49(70(10,11)12)41-54-65(56)78(60)74(16)37-23-21-35-72(54,74)14/h17-19,24-33,38-44H,20-23,34-37H2,1-16H3/i27D,31D,40D. The Hall–Kier alpha value is -5.78. The van der Waals surface area contributed by atoms with Gasteiger partial charge in [0.25, 0.3) is 6.71 Å². The summed E-state index contributed by atoms with van der Waals surface area (Å²) in [5.41, 5.74) is 19.7. The predicted octanol–water partition coefficient (Wildman–Crippen LogP) is 19.0. The van der Waals surface area contributed by atoms with Crippen molar-refractivity contribution in [2.24, 2.45) is 0 Å². The minimum Gasteiger partial charge on any atom is -0.335 e. The van der Waals surface area contributed by atoms with Gasteiger partial charge in [-0.3, -0.25) is 0 Å². The molecule has 0 saturated heterocycles. The largest absolute Gasteiger partial charge is 0.335 e. The van der Waals surface area contributed by atoms with Gasteiger partial charge in [-0.15, -0.1) is 11.3 Å². The van der Waals surface area contributed by atoms with Crippen LogP contribution in [0.4, 0.5) is 39.8 Å². The van der Waals surface area contributed by atoms with E-state index in [1.54, 1.807) is 0 Å². The molecule has 0 bridgehead atoms. The molecule has 5 heteroatoms. The third kappa shape index (κ3) is 6.96. The first kappa shape index (κ1) is 48.0. The third-order valence-corrected chi connectivity index (χ3v) is 22.5. The van der Waals surface area contributed by atoms with Crippen LogP contribution < -0.4 is 31.1 Å². The smallest absolute Gasteiger partial charge is 0.252 e. The van der Waals surface area contributed by atoms with Crippen LogP contribution in [0.5, 0.6) is 0 Å². The summed E-state index contributed by atoms with van der Waals surface area (Å²) in [7, 11) is 0. The first-order chi connectivity index (χ1) is 38.4. The third-order valence-electron chi connectivity index (χ3n) is 21.4. The summed E-state index contributed by atoms with van der Waals surface area (Å²) < 4.78 is 33.3. The molecule has 8 aromatic rings. The highest BCUT2D eigenvalue weighted by Crippen LogP contribution is 2.66. The molecule has 7 aromatic carbocycles. The molecule has 2 fully saturated rings. The topological polar surface area (TPSA) is 9.72 Å². The summed E-state index contributed by atoms with van der Waals surface area (Å²) in [6.45, 7) is 37.6. The van der Waals surface area contributed by atoms with Crippen molar-refractivity contribution in [3.63, 3.8) is 0 Å². The second-order valence-electron chi connectivity index (χ2n) is 30.2. The number of thiophene rings is 1. The van der Waals surface area contributed by atoms with Crippen LogP contribution in [0, 0.1) is 0 Å². The van der Waals surface area contributed by atoms with E-state index in [4.69, 9.17) is 0 Å². The molecule has 4 unspecified atom stereocenters. The molecular formula is C74H84BN3S. The SMILES string of the molecule is [2H]c1c([2H])c(C(C)(C)C)c([2H])c2c1N(c1cc3c4c(c1)N1c5c(cc(C(C)(C)C)cc5C5(C)CCCCC15C)B4c1ccc4sc5ccc(C(C)(C)C)cc5c4c1N3c1ccc(C(C)(C)C)cc1-c1ccccc1)C1(C)CCCCC21C. The van der Waals surface area contributed by atoms with Crippen LogP contribution in [0.2, 0.25) is 0 Å². The van der Waals surface area contributed by atoms with Crippen molar-refractivity contribution in [2.75, 3.05) is 14.7 Å². The van der Waals surface area contributed by atoms with Crippen molar-refractivity contribution in [3.05, 3.63) is 155 Å². The number of rotatable bonds is 3. The van der Waals surface area contributed by atoms with Crippen molar-refractivity contribution in [1.82, 2.24) is 0 Å². The highest BCUT2D eigenvalue weighted by atomic mass is 32.1. The maximum Gasteiger partial charge on any atom is 0.252 e. The van der Waals surface area contributed by atoms with E-state index in [0.29, 0.717) is 11.6 Å². The Balaban J connectivity index is 1.20. The zero-order valence-electron chi connectivity index (χ0n) is 53.3. The number of hydrogen-bond donors (Lipinski definition) is 0. The summed E-state index contributed by atoms with van der Waals surface area (Å²) in [6, 6.07) is 42.0. The molecule has 2 saturated carbocycles. The van der Waals surface area contributed by atoms with Gasteiger partial charge in [0.15, 0.2) is 0 Å². The summed E-state index contributed by atoms with van der Waals surface area (Å²) >= 11 is 1.92. The summed E-state index contributed by atoms with van der Waals surface area (Å²) in [4.78, 5) is 8.17. The van der Waals surface area contributed by atoms with Crippen LogP contribution in [0.3, 0.4) is 0 Å². The Kier molecular flexibility index (Phi) is 9.99. The highest BCUT2D eigenvalue weighted by molar-refractivity contribution is 7.26. The maximum atomic E-state index is 10.4. The Bertz CT molecular complexity index is 4070.